The Balaban J connectivity index is 1.34. The maximum atomic E-state index is 16.9. The van der Waals surface area contributed by atoms with Crippen molar-refractivity contribution in [1.82, 2.24) is 19.9 Å². The molecular weight excluding hydrogens is 571 g/mol. The second-order valence-corrected chi connectivity index (χ2v) is 12.5. The minimum absolute atomic E-state index is 0.0159. The number of ether oxygens (including phenoxy) is 2. The monoisotopic (exact) mass is 603 g/mol. The molecule has 0 spiro atoms. The topological polar surface area (TPSA) is 83.8 Å². The second-order valence-electron chi connectivity index (χ2n) is 12.5. The van der Waals surface area contributed by atoms with Crippen LogP contribution in [0.1, 0.15) is 44.1 Å². The SMILES string of the molecule is C=C1Oc2nc(-c3cc(O)cc4ccc(F)c(C)c34)c(F)c3nc(OC[C@@]45CCCN4C[C@H](F)C5)nc(c23)N2CCCC[C@@H]12. The Bertz CT molecular complexity index is 1870. The van der Waals surface area contributed by atoms with Gasteiger partial charge in [-0.05, 0) is 80.1 Å². The van der Waals surface area contributed by atoms with Crippen molar-refractivity contribution in [3.8, 4) is 28.9 Å². The van der Waals surface area contributed by atoms with Crippen LogP contribution >= 0.6 is 0 Å². The number of hydrogen-bond donors (Lipinski definition) is 1. The van der Waals surface area contributed by atoms with Gasteiger partial charge in [0.1, 0.15) is 52.5 Å². The quantitative estimate of drug-likeness (QED) is 0.289. The molecule has 6 heterocycles. The van der Waals surface area contributed by atoms with Crippen LogP contribution in [0, 0.1) is 18.6 Å². The molecule has 8 nitrogen and oxygen atoms in total. The molecule has 4 aromatic rings. The van der Waals surface area contributed by atoms with E-state index in [0.29, 0.717) is 52.8 Å². The van der Waals surface area contributed by atoms with Crippen molar-refractivity contribution in [1.29, 1.82) is 0 Å². The number of piperidine rings is 1. The fourth-order valence-electron chi connectivity index (χ4n) is 7.78. The van der Waals surface area contributed by atoms with E-state index < -0.39 is 23.3 Å². The maximum absolute atomic E-state index is 16.9. The summed E-state index contributed by atoms with van der Waals surface area (Å²) < 4.78 is 58.6. The van der Waals surface area contributed by atoms with Gasteiger partial charge in [0.05, 0.1) is 11.6 Å². The summed E-state index contributed by atoms with van der Waals surface area (Å²) in [6.07, 6.45) is 3.87. The first kappa shape index (κ1) is 27.4. The summed E-state index contributed by atoms with van der Waals surface area (Å²) >= 11 is 0. The van der Waals surface area contributed by atoms with Gasteiger partial charge in [0.25, 0.3) is 0 Å². The summed E-state index contributed by atoms with van der Waals surface area (Å²) in [5, 5.41) is 11.8. The highest BCUT2D eigenvalue weighted by Crippen LogP contribution is 2.46. The molecule has 0 unspecified atom stereocenters. The molecule has 2 aromatic heterocycles. The van der Waals surface area contributed by atoms with Crippen LogP contribution in [0.15, 0.2) is 36.6 Å². The number of pyridine rings is 1. The number of aromatic nitrogens is 3. The second kappa shape index (κ2) is 9.95. The molecule has 4 aliphatic heterocycles. The maximum Gasteiger partial charge on any atom is 0.319 e. The first-order valence-corrected chi connectivity index (χ1v) is 15.2. The first-order chi connectivity index (χ1) is 21.2. The standard InChI is InChI=1S/C33H32F3N5O3/c1-17-23(35)8-7-19-12-21(42)13-22(25(17)19)28-27(36)29-26-30(41-11-4-3-6-24(41)18(2)44-31(26)37-28)39-32(38-29)43-16-33-9-5-10-40(33)15-20(34)14-33/h7-8,12-13,20,24,42H,2-6,9-11,14-16H2,1H3/t20-,24+,33+/m1/s1. The summed E-state index contributed by atoms with van der Waals surface area (Å²) in [6.45, 7) is 7.83. The van der Waals surface area contributed by atoms with Crippen LogP contribution in [0.4, 0.5) is 19.0 Å². The highest BCUT2D eigenvalue weighted by atomic mass is 19.1. The van der Waals surface area contributed by atoms with Gasteiger partial charge < -0.3 is 19.5 Å². The summed E-state index contributed by atoms with van der Waals surface area (Å²) in [5.41, 5.74) is -0.159. The van der Waals surface area contributed by atoms with E-state index in [0.717, 1.165) is 38.6 Å². The number of anilines is 1. The number of halogens is 3. The average molecular weight is 604 g/mol. The number of fused-ring (bicyclic) bond motifs is 4. The molecule has 0 radical (unpaired) electrons. The van der Waals surface area contributed by atoms with Gasteiger partial charge in [-0.3, -0.25) is 4.90 Å². The summed E-state index contributed by atoms with van der Waals surface area (Å²) in [5.74, 6) is -0.376. The van der Waals surface area contributed by atoms with Crippen LogP contribution in [0.25, 0.3) is 32.9 Å². The van der Waals surface area contributed by atoms with Gasteiger partial charge in [0.2, 0.25) is 5.88 Å². The molecule has 228 valence electrons. The molecule has 0 saturated carbocycles. The number of alkyl halides is 1. The first-order valence-electron chi connectivity index (χ1n) is 15.2. The van der Waals surface area contributed by atoms with Crippen molar-refractivity contribution < 1.29 is 27.8 Å². The molecule has 8 rings (SSSR count). The number of aromatic hydroxyl groups is 1. The molecule has 3 saturated heterocycles. The Labute approximate surface area is 252 Å². The number of nitrogens with zero attached hydrogens (tertiary/aromatic N) is 5. The molecule has 11 heteroatoms. The Morgan fingerprint density at radius 1 is 1.11 bits per heavy atom. The van der Waals surface area contributed by atoms with Gasteiger partial charge in [-0.25, -0.2) is 18.2 Å². The molecule has 3 atom stereocenters. The van der Waals surface area contributed by atoms with Crippen LogP contribution in [0.3, 0.4) is 0 Å². The highest BCUT2D eigenvalue weighted by molar-refractivity contribution is 6.03. The molecule has 0 bridgehead atoms. The number of hydrogen-bond acceptors (Lipinski definition) is 8. The van der Waals surface area contributed by atoms with E-state index in [1.165, 1.54) is 24.3 Å². The van der Waals surface area contributed by atoms with Crippen molar-refractivity contribution >= 4 is 27.5 Å². The smallest absolute Gasteiger partial charge is 0.319 e. The Morgan fingerprint density at radius 3 is 2.84 bits per heavy atom. The van der Waals surface area contributed by atoms with Gasteiger partial charge in [0, 0.05) is 25.1 Å². The fraction of sp³-hybridized carbons (Fsp3) is 0.424. The molecule has 3 fully saturated rings. The third-order valence-electron chi connectivity index (χ3n) is 9.87. The minimum Gasteiger partial charge on any atom is -0.508 e. The Morgan fingerprint density at radius 2 is 1.98 bits per heavy atom. The summed E-state index contributed by atoms with van der Waals surface area (Å²) in [6, 6.07) is 5.49. The lowest BCUT2D eigenvalue weighted by atomic mass is 9.95. The lowest BCUT2D eigenvalue weighted by molar-refractivity contribution is 0.107. The van der Waals surface area contributed by atoms with Crippen molar-refractivity contribution in [2.45, 2.75) is 63.2 Å². The summed E-state index contributed by atoms with van der Waals surface area (Å²) in [7, 11) is 0. The molecule has 4 aliphatic rings. The van der Waals surface area contributed by atoms with Crippen LogP contribution < -0.4 is 14.4 Å². The largest absolute Gasteiger partial charge is 0.508 e. The van der Waals surface area contributed by atoms with Crippen molar-refractivity contribution in [2.24, 2.45) is 0 Å². The lowest BCUT2D eigenvalue weighted by Gasteiger charge is -2.35. The van der Waals surface area contributed by atoms with Gasteiger partial charge in [-0.15, -0.1) is 0 Å². The Kier molecular flexibility index (Phi) is 6.20. The predicted octanol–water partition coefficient (Wildman–Crippen LogP) is 6.36. The van der Waals surface area contributed by atoms with E-state index in [1.807, 2.05) is 0 Å². The van der Waals surface area contributed by atoms with Gasteiger partial charge in [0.15, 0.2) is 5.82 Å². The van der Waals surface area contributed by atoms with Crippen molar-refractivity contribution in [3.05, 3.63) is 53.8 Å². The van der Waals surface area contributed by atoms with Crippen LogP contribution in [-0.4, -0.2) is 69.0 Å². The molecule has 2 aromatic carbocycles. The van der Waals surface area contributed by atoms with Crippen LogP contribution in [0.2, 0.25) is 0 Å². The lowest BCUT2D eigenvalue weighted by Crippen LogP contribution is -2.43. The van der Waals surface area contributed by atoms with E-state index in [1.54, 1.807) is 6.92 Å². The normalized spacial score (nSPS) is 24.8. The third kappa shape index (κ3) is 4.12. The van der Waals surface area contributed by atoms with Crippen LogP contribution in [0.5, 0.6) is 17.6 Å². The van der Waals surface area contributed by atoms with Gasteiger partial charge in [-0.1, -0.05) is 12.6 Å². The zero-order chi connectivity index (χ0) is 30.3. The van der Waals surface area contributed by atoms with Crippen molar-refractivity contribution in [2.75, 3.05) is 31.1 Å². The zero-order valence-corrected chi connectivity index (χ0v) is 24.4. The Hall–Kier alpha value is -4.12. The van der Waals surface area contributed by atoms with Gasteiger partial charge >= 0.3 is 6.01 Å². The van der Waals surface area contributed by atoms with E-state index in [9.17, 15) is 13.9 Å². The minimum atomic E-state index is -0.919. The number of aryl methyl sites for hydroxylation is 1. The average Bonchev–Trinajstić information content (AvgIpc) is 3.50. The molecule has 0 aliphatic carbocycles. The molecule has 44 heavy (non-hydrogen) atoms. The predicted molar refractivity (Wildman–Crippen MR) is 160 cm³/mol. The number of benzene rings is 2. The van der Waals surface area contributed by atoms with Crippen LogP contribution in [-0.2, 0) is 0 Å². The summed E-state index contributed by atoms with van der Waals surface area (Å²) in [4.78, 5) is 18.2. The number of phenols is 1. The number of rotatable bonds is 4. The van der Waals surface area contributed by atoms with E-state index in [-0.39, 0.29) is 47.1 Å². The molecule has 1 N–H and O–H groups in total. The highest BCUT2D eigenvalue weighted by Gasteiger charge is 2.49. The zero-order valence-electron chi connectivity index (χ0n) is 24.4. The third-order valence-corrected chi connectivity index (χ3v) is 9.87. The van der Waals surface area contributed by atoms with Gasteiger partial charge in [-0.2, -0.15) is 9.97 Å². The number of phenolic OH excluding ortho intramolecular Hbond substituents is 1. The van der Waals surface area contributed by atoms with Crippen molar-refractivity contribution in [3.63, 3.8) is 0 Å². The molecule has 0 amide bonds. The van der Waals surface area contributed by atoms with E-state index in [2.05, 4.69) is 26.3 Å². The van der Waals surface area contributed by atoms with E-state index >= 15 is 4.39 Å². The fourth-order valence-corrected chi connectivity index (χ4v) is 7.78. The molecular formula is C33H32F3N5O3. The van der Waals surface area contributed by atoms with E-state index in [4.69, 9.17) is 14.5 Å².